The van der Waals surface area contributed by atoms with Crippen molar-refractivity contribution in [3.63, 3.8) is 0 Å². The first-order valence-electron chi connectivity index (χ1n) is 6.88. The molecule has 0 atom stereocenters. The molecule has 0 saturated heterocycles. The van der Waals surface area contributed by atoms with Gasteiger partial charge in [-0.25, -0.2) is 0 Å². The SMILES string of the molecule is COCCOc1cccc(NC(=O)c2ccccc2[N+](=O)[O-])c1. The van der Waals surface area contributed by atoms with E-state index >= 15 is 0 Å². The molecule has 23 heavy (non-hydrogen) atoms. The zero-order valence-corrected chi connectivity index (χ0v) is 12.5. The van der Waals surface area contributed by atoms with Crippen molar-refractivity contribution in [2.45, 2.75) is 0 Å². The minimum Gasteiger partial charge on any atom is -0.491 e. The van der Waals surface area contributed by atoms with Crippen LogP contribution in [0.5, 0.6) is 5.75 Å². The van der Waals surface area contributed by atoms with Crippen LogP contribution in [0.3, 0.4) is 0 Å². The summed E-state index contributed by atoms with van der Waals surface area (Å²) in [4.78, 5) is 22.6. The minimum absolute atomic E-state index is 0.00297. The third kappa shape index (κ3) is 4.52. The number of anilines is 1. The molecular formula is C16H16N2O5. The van der Waals surface area contributed by atoms with E-state index in [-0.39, 0.29) is 11.3 Å². The van der Waals surface area contributed by atoms with Gasteiger partial charge in [0.05, 0.1) is 11.5 Å². The van der Waals surface area contributed by atoms with Crippen molar-refractivity contribution >= 4 is 17.3 Å². The molecule has 120 valence electrons. The molecule has 0 spiro atoms. The topological polar surface area (TPSA) is 90.7 Å². The Morgan fingerprint density at radius 3 is 2.70 bits per heavy atom. The number of nitrogens with zero attached hydrogens (tertiary/aromatic N) is 1. The van der Waals surface area contributed by atoms with Crippen LogP contribution in [0.2, 0.25) is 0 Å². The summed E-state index contributed by atoms with van der Waals surface area (Å²) in [7, 11) is 1.58. The molecule has 0 bridgehead atoms. The van der Waals surface area contributed by atoms with E-state index < -0.39 is 10.8 Å². The first-order valence-corrected chi connectivity index (χ1v) is 6.88. The summed E-state index contributed by atoms with van der Waals surface area (Å²) < 4.78 is 10.3. The van der Waals surface area contributed by atoms with E-state index in [1.807, 2.05) is 0 Å². The molecule has 0 aromatic heterocycles. The van der Waals surface area contributed by atoms with E-state index in [0.29, 0.717) is 24.7 Å². The van der Waals surface area contributed by atoms with Gasteiger partial charge in [0.2, 0.25) is 0 Å². The molecule has 0 aliphatic heterocycles. The summed E-state index contributed by atoms with van der Waals surface area (Å²) >= 11 is 0. The molecule has 7 nitrogen and oxygen atoms in total. The van der Waals surface area contributed by atoms with Gasteiger partial charge in [-0.3, -0.25) is 14.9 Å². The molecule has 0 fully saturated rings. The summed E-state index contributed by atoms with van der Waals surface area (Å²) in [6, 6.07) is 12.6. The summed E-state index contributed by atoms with van der Waals surface area (Å²) in [5.41, 5.74) is 0.253. The van der Waals surface area contributed by atoms with Gasteiger partial charge in [-0.15, -0.1) is 0 Å². The number of ether oxygens (including phenoxy) is 2. The Balaban J connectivity index is 2.11. The summed E-state index contributed by atoms with van der Waals surface area (Å²) in [5.74, 6) is 0.0220. The van der Waals surface area contributed by atoms with Crippen LogP contribution >= 0.6 is 0 Å². The maximum atomic E-state index is 12.2. The van der Waals surface area contributed by atoms with Gasteiger partial charge in [0, 0.05) is 24.9 Å². The Hall–Kier alpha value is -2.93. The molecule has 2 aromatic rings. The zero-order chi connectivity index (χ0) is 16.7. The Bertz CT molecular complexity index is 702. The average molecular weight is 316 g/mol. The fourth-order valence-corrected chi connectivity index (χ4v) is 1.93. The van der Waals surface area contributed by atoms with Gasteiger partial charge >= 0.3 is 0 Å². The maximum Gasteiger partial charge on any atom is 0.282 e. The lowest BCUT2D eigenvalue weighted by Crippen LogP contribution is -2.14. The van der Waals surface area contributed by atoms with Crippen LogP contribution in [0.4, 0.5) is 11.4 Å². The van der Waals surface area contributed by atoms with E-state index in [4.69, 9.17) is 9.47 Å². The molecule has 0 aliphatic rings. The molecule has 1 amide bonds. The second-order valence-corrected chi connectivity index (χ2v) is 4.60. The number of rotatable bonds is 7. The van der Waals surface area contributed by atoms with Crippen LogP contribution in [0.15, 0.2) is 48.5 Å². The molecule has 7 heteroatoms. The monoisotopic (exact) mass is 316 g/mol. The number of nitro benzene ring substituents is 1. The summed E-state index contributed by atoms with van der Waals surface area (Å²) in [5, 5.41) is 13.6. The van der Waals surface area contributed by atoms with Crippen LogP contribution in [0.1, 0.15) is 10.4 Å². The molecule has 0 radical (unpaired) electrons. The van der Waals surface area contributed by atoms with E-state index in [1.54, 1.807) is 37.4 Å². The second-order valence-electron chi connectivity index (χ2n) is 4.60. The third-order valence-electron chi connectivity index (χ3n) is 2.99. The molecule has 1 N–H and O–H groups in total. The number of para-hydroxylation sites is 1. The number of hydrogen-bond donors (Lipinski definition) is 1. The first kappa shape index (κ1) is 16.4. The summed E-state index contributed by atoms with van der Waals surface area (Å²) in [6.07, 6.45) is 0. The molecule has 0 heterocycles. The van der Waals surface area contributed by atoms with E-state index in [2.05, 4.69) is 5.32 Å². The molecule has 2 aromatic carbocycles. The van der Waals surface area contributed by atoms with Crippen molar-refractivity contribution in [1.29, 1.82) is 0 Å². The molecule has 2 rings (SSSR count). The Morgan fingerprint density at radius 1 is 1.17 bits per heavy atom. The predicted octanol–water partition coefficient (Wildman–Crippen LogP) is 2.87. The highest BCUT2D eigenvalue weighted by Crippen LogP contribution is 2.21. The predicted molar refractivity (Wildman–Crippen MR) is 84.9 cm³/mol. The lowest BCUT2D eigenvalue weighted by molar-refractivity contribution is -0.385. The number of hydrogen-bond acceptors (Lipinski definition) is 5. The number of nitrogens with one attached hydrogen (secondary N) is 1. The van der Waals surface area contributed by atoms with Crippen molar-refractivity contribution in [2.75, 3.05) is 25.6 Å². The highest BCUT2D eigenvalue weighted by Gasteiger charge is 2.19. The van der Waals surface area contributed by atoms with Gasteiger partial charge in [0.1, 0.15) is 17.9 Å². The van der Waals surface area contributed by atoms with Crippen molar-refractivity contribution in [1.82, 2.24) is 0 Å². The lowest BCUT2D eigenvalue weighted by atomic mass is 10.1. The van der Waals surface area contributed by atoms with Gasteiger partial charge in [-0.2, -0.15) is 0 Å². The summed E-state index contributed by atoms with van der Waals surface area (Å²) in [6.45, 7) is 0.838. The van der Waals surface area contributed by atoms with Crippen LogP contribution in [-0.4, -0.2) is 31.2 Å². The molecule has 0 saturated carbocycles. The molecule has 0 aliphatic carbocycles. The van der Waals surface area contributed by atoms with Gasteiger partial charge in [-0.1, -0.05) is 18.2 Å². The first-order chi connectivity index (χ1) is 11.1. The van der Waals surface area contributed by atoms with Crippen LogP contribution in [0, 0.1) is 10.1 Å². The Morgan fingerprint density at radius 2 is 1.96 bits per heavy atom. The van der Waals surface area contributed by atoms with Crippen LogP contribution in [0.25, 0.3) is 0 Å². The highest BCUT2D eigenvalue weighted by atomic mass is 16.6. The quantitative estimate of drug-likeness (QED) is 0.482. The number of amides is 1. The van der Waals surface area contributed by atoms with E-state index in [1.165, 1.54) is 18.2 Å². The van der Waals surface area contributed by atoms with Gasteiger partial charge in [0.25, 0.3) is 11.6 Å². The standard InChI is InChI=1S/C16H16N2O5/c1-22-9-10-23-13-6-4-5-12(11-13)17-16(19)14-7-2-3-8-15(14)18(20)21/h2-8,11H,9-10H2,1H3,(H,17,19). The molecular weight excluding hydrogens is 300 g/mol. The van der Waals surface area contributed by atoms with Crippen molar-refractivity contribution in [3.8, 4) is 5.75 Å². The van der Waals surface area contributed by atoms with Crippen molar-refractivity contribution in [3.05, 3.63) is 64.2 Å². The number of carbonyl (C=O) groups is 1. The Labute approximate surface area is 133 Å². The fourth-order valence-electron chi connectivity index (χ4n) is 1.93. The normalized spacial score (nSPS) is 10.1. The molecule has 0 unspecified atom stereocenters. The van der Waals surface area contributed by atoms with Crippen LogP contribution in [-0.2, 0) is 4.74 Å². The van der Waals surface area contributed by atoms with E-state index in [0.717, 1.165) is 0 Å². The van der Waals surface area contributed by atoms with Gasteiger partial charge < -0.3 is 14.8 Å². The minimum atomic E-state index is -0.584. The van der Waals surface area contributed by atoms with E-state index in [9.17, 15) is 14.9 Å². The van der Waals surface area contributed by atoms with Gasteiger partial charge in [0.15, 0.2) is 0 Å². The number of carbonyl (C=O) groups excluding carboxylic acids is 1. The fraction of sp³-hybridized carbons (Fsp3) is 0.188. The second kappa shape index (κ2) is 7.90. The van der Waals surface area contributed by atoms with Crippen molar-refractivity contribution < 1.29 is 19.2 Å². The van der Waals surface area contributed by atoms with Crippen LogP contribution < -0.4 is 10.1 Å². The average Bonchev–Trinajstić information content (AvgIpc) is 2.55. The maximum absolute atomic E-state index is 12.2. The number of benzene rings is 2. The smallest absolute Gasteiger partial charge is 0.282 e. The number of nitro groups is 1. The highest BCUT2D eigenvalue weighted by molar-refractivity contribution is 6.07. The van der Waals surface area contributed by atoms with Gasteiger partial charge in [-0.05, 0) is 18.2 Å². The third-order valence-corrected chi connectivity index (χ3v) is 2.99. The lowest BCUT2D eigenvalue weighted by Gasteiger charge is -2.09. The largest absolute Gasteiger partial charge is 0.491 e. The number of methoxy groups -OCH3 is 1. The van der Waals surface area contributed by atoms with Crippen molar-refractivity contribution in [2.24, 2.45) is 0 Å². The zero-order valence-electron chi connectivity index (χ0n) is 12.5. The Kier molecular flexibility index (Phi) is 5.65.